The van der Waals surface area contributed by atoms with E-state index in [1.165, 1.54) is 11.1 Å². The van der Waals surface area contributed by atoms with E-state index >= 15 is 0 Å². The lowest BCUT2D eigenvalue weighted by Gasteiger charge is -2.14. The van der Waals surface area contributed by atoms with Crippen LogP contribution in [0.5, 0.6) is 0 Å². The Labute approximate surface area is 211 Å². The lowest BCUT2D eigenvalue weighted by atomic mass is 9.94. The molecule has 0 aliphatic rings. The lowest BCUT2D eigenvalue weighted by molar-refractivity contribution is 1.18. The Kier molecular flexibility index (Phi) is 5.91. The van der Waals surface area contributed by atoms with Crippen molar-refractivity contribution < 1.29 is 0 Å². The van der Waals surface area contributed by atoms with Crippen LogP contribution >= 0.6 is 0 Å². The van der Waals surface area contributed by atoms with Crippen LogP contribution in [0.4, 0.5) is 0 Å². The summed E-state index contributed by atoms with van der Waals surface area (Å²) in [6.07, 6.45) is 0. The van der Waals surface area contributed by atoms with Gasteiger partial charge in [0.15, 0.2) is 5.82 Å². The normalized spacial score (nSPS) is 10.8. The molecule has 0 bridgehead atoms. The van der Waals surface area contributed by atoms with Gasteiger partial charge in [0.05, 0.1) is 11.4 Å². The third-order valence-corrected chi connectivity index (χ3v) is 6.33. The van der Waals surface area contributed by atoms with E-state index < -0.39 is 0 Å². The third kappa shape index (κ3) is 4.33. The average molecular weight is 461 g/mol. The summed E-state index contributed by atoms with van der Waals surface area (Å²) in [7, 11) is 0. The van der Waals surface area contributed by atoms with E-state index in [1.54, 1.807) is 0 Å². The standard InChI is InChI=1S/C34H24N2/c1-4-14-25(15-5-1)28-20-10-12-22-30(28)32-24-33(36-34(35-32)27-18-8-3-9-19-27)31-23-13-11-21-29(31)26-16-6-2-7-17-26/h1-24H. The van der Waals surface area contributed by atoms with Gasteiger partial charge in [0.1, 0.15) is 0 Å². The summed E-state index contributed by atoms with van der Waals surface area (Å²) >= 11 is 0. The number of aromatic nitrogens is 2. The van der Waals surface area contributed by atoms with Crippen LogP contribution in [0.1, 0.15) is 0 Å². The van der Waals surface area contributed by atoms with E-state index in [1.807, 2.05) is 30.3 Å². The molecule has 2 nitrogen and oxygen atoms in total. The molecule has 0 unspecified atom stereocenters. The molecular weight excluding hydrogens is 436 g/mol. The predicted octanol–water partition coefficient (Wildman–Crippen LogP) is 8.81. The Bertz CT molecular complexity index is 1510. The van der Waals surface area contributed by atoms with Crippen LogP contribution in [0, 0.1) is 0 Å². The molecule has 36 heavy (non-hydrogen) atoms. The Balaban J connectivity index is 1.59. The SMILES string of the molecule is c1ccc(-c2nc(-c3ccccc3-c3ccccc3)cc(-c3ccccc3-c3ccccc3)n2)cc1. The second-order valence-corrected chi connectivity index (χ2v) is 8.65. The second-order valence-electron chi connectivity index (χ2n) is 8.65. The minimum atomic E-state index is 0.717. The molecule has 0 saturated carbocycles. The zero-order valence-electron chi connectivity index (χ0n) is 19.8. The van der Waals surface area contributed by atoms with Crippen LogP contribution in [-0.4, -0.2) is 9.97 Å². The van der Waals surface area contributed by atoms with Crippen LogP contribution in [0.15, 0.2) is 146 Å². The van der Waals surface area contributed by atoms with Crippen LogP contribution < -0.4 is 0 Å². The lowest BCUT2D eigenvalue weighted by Crippen LogP contribution is -1.98. The number of benzene rings is 5. The summed E-state index contributed by atoms with van der Waals surface area (Å²) in [5.74, 6) is 0.717. The van der Waals surface area contributed by atoms with Crippen LogP contribution in [0.3, 0.4) is 0 Å². The van der Waals surface area contributed by atoms with Crippen molar-refractivity contribution in [3.05, 3.63) is 146 Å². The van der Waals surface area contributed by atoms with E-state index in [0.717, 1.165) is 39.2 Å². The molecule has 0 atom stereocenters. The average Bonchev–Trinajstić information content (AvgIpc) is 2.98. The van der Waals surface area contributed by atoms with Crippen molar-refractivity contribution in [3.8, 4) is 56.2 Å². The van der Waals surface area contributed by atoms with Crippen LogP contribution in [-0.2, 0) is 0 Å². The maximum atomic E-state index is 5.08. The van der Waals surface area contributed by atoms with E-state index in [4.69, 9.17) is 9.97 Å². The van der Waals surface area contributed by atoms with Crippen molar-refractivity contribution in [2.45, 2.75) is 0 Å². The number of nitrogens with zero attached hydrogens (tertiary/aromatic N) is 2. The van der Waals surface area contributed by atoms with E-state index in [-0.39, 0.29) is 0 Å². The highest BCUT2D eigenvalue weighted by molar-refractivity contribution is 5.87. The molecule has 0 aliphatic carbocycles. The van der Waals surface area contributed by atoms with E-state index in [2.05, 4.69) is 115 Å². The molecule has 6 aromatic rings. The monoisotopic (exact) mass is 460 g/mol. The molecule has 170 valence electrons. The van der Waals surface area contributed by atoms with Gasteiger partial charge in [-0.15, -0.1) is 0 Å². The molecule has 0 aliphatic heterocycles. The highest BCUT2D eigenvalue weighted by Crippen LogP contribution is 2.36. The van der Waals surface area contributed by atoms with Gasteiger partial charge in [0, 0.05) is 16.7 Å². The second kappa shape index (κ2) is 9.81. The summed E-state index contributed by atoms with van der Waals surface area (Å²) in [6.45, 7) is 0. The molecule has 0 N–H and O–H groups in total. The molecule has 0 saturated heterocycles. The molecule has 5 aromatic carbocycles. The maximum Gasteiger partial charge on any atom is 0.160 e. The van der Waals surface area contributed by atoms with Crippen LogP contribution in [0.25, 0.3) is 56.2 Å². The first kappa shape index (κ1) is 21.7. The molecule has 0 fully saturated rings. The smallest absolute Gasteiger partial charge is 0.160 e. The molecule has 6 rings (SSSR count). The fourth-order valence-corrected chi connectivity index (χ4v) is 4.59. The van der Waals surface area contributed by atoms with Gasteiger partial charge in [-0.05, 0) is 28.3 Å². The van der Waals surface area contributed by atoms with Gasteiger partial charge < -0.3 is 0 Å². The van der Waals surface area contributed by atoms with Crippen molar-refractivity contribution >= 4 is 0 Å². The molecule has 1 heterocycles. The molecule has 2 heteroatoms. The van der Waals surface area contributed by atoms with E-state index in [0.29, 0.717) is 5.82 Å². The minimum absolute atomic E-state index is 0.717. The minimum Gasteiger partial charge on any atom is -0.228 e. The van der Waals surface area contributed by atoms with Gasteiger partial charge in [0.25, 0.3) is 0 Å². The summed E-state index contributed by atoms with van der Waals surface area (Å²) in [5.41, 5.74) is 9.61. The zero-order valence-corrected chi connectivity index (χ0v) is 19.8. The van der Waals surface area contributed by atoms with Gasteiger partial charge in [-0.3, -0.25) is 0 Å². The third-order valence-electron chi connectivity index (χ3n) is 6.33. The molecule has 0 amide bonds. The Hall–Kier alpha value is -4.82. The van der Waals surface area contributed by atoms with Gasteiger partial charge in [-0.2, -0.15) is 0 Å². The molecule has 0 radical (unpaired) electrons. The summed E-state index contributed by atoms with van der Waals surface area (Å²) in [6, 6.07) is 50.2. The van der Waals surface area contributed by atoms with Crippen molar-refractivity contribution in [2.24, 2.45) is 0 Å². The molecular formula is C34H24N2. The fraction of sp³-hybridized carbons (Fsp3) is 0. The van der Waals surface area contributed by atoms with E-state index in [9.17, 15) is 0 Å². The fourth-order valence-electron chi connectivity index (χ4n) is 4.59. The van der Waals surface area contributed by atoms with Gasteiger partial charge in [-0.25, -0.2) is 9.97 Å². The van der Waals surface area contributed by atoms with Gasteiger partial charge in [-0.1, -0.05) is 140 Å². The first-order valence-electron chi connectivity index (χ1n) is 12.1. The van der Waals surface area contributed by atoms with Crippen molar-refractivity contribution in [1.82, 2.24) is 9.97 Å². The van der Waals surface area contributed by atoms with Crippen molar-refractivity contribution in [2.75, 3.05) is 0 Å². The van der Waals surface area contributed by atoms with Gasteiger partial charge >= 0.3 is 0 Å². The van der Waals surface area contributed by atoms with Crippen molar-refractivity contribution in [1.29, 1.82) is 0 Å². The predicted molar refractivity (Wildman–Crippen MR) is 149 cm³/mol. The summed E-state index contributed by atoms with van der Waals surface area (Å²) in [5, 5.41) is 0. The number of hydrogen-bond acceptors (Lipinski definition) is 2. The first-order chi connectivity index (χ1) is 17.9. The largest absolute Gasteiger partial charge is 0.228 e. The summed E-state index contributed by atoms with van der Waals surface area (Å²) < 4.78 is 0. The highest BCUT2D eigenvalue weighted by atomic mass is 14.9. The Morgan fingerprint density at radius 2 is 0.639 bits per heavy atom. The number of rotatable bonds is 5. The molecule has 1 aromatic heterocycles. The highest BCUT2D eigenvalue weighted by Gasteiger charge is 2.15. The Morgan fingerprint density at radius 3 is 1.06 bits per heavy atom. The quantitative estimate of drug-likeness (QED) is 0.257. The maximum absolute atomic E-state index is 5.08. The van der Waals surface area contributed by atoms with Gasteiger partial charge in [0.2, 0.25) is 0 Å². The topological polar surface area (TPSA) is 25.8 Å². The zero-order chi connectivity index (χ0) is 24.2. The molecule has 0 spiro atoms. The first-order valence-corrected chi connectivity index (χ1v) is 12.1. The van der Waals surface area contributed by atoms with Crippen molar-refractivity contribution in [3.63, 3.8) is 0 Å². The Morgan fingerprint density at radius 1 is 0.306 bits per heavy atom. The van der Waals surface area contributed by atoms with Crippen LogP contribution in [0.2, 0.25) is 0 Å². The number of hydrogen-bond donors (Lipinski definition) is 0. The summed E-state index contributed by atoms with van der Waals surface area (Å²) in [4.78, 5) is 10.2.